The van der Waals surface area contributed by atoms with Crippen molar-refractivity contribution < 1.29 is 9.59 Å². The van der Waals surface area contributed by atoms with Crippen molar-refractivity contribution in [2.45, 2.75) is 6.42 Å². The molecule has 0 atom stereocenters. The number of aliphatic imine (C=N–C) groups is 1. The number of ketones is 2. The van der Waals surface area contributed by atoms with Crippen LogP contribution in [0.2, 0.25) is 0 Å². The standard InChI is InChI=1S/C24H12O2.C22H12N2.C20H11N3/c25-23-17-7-3-1-5-13(17)15-9-11-20-22-16(10-12-19(23)21(15)22)14-6-2-4-8-18(14)24(20)26;1-2-6-15-12-19-18(11-14(15)5-1)23-21-16-9-3-7-13-8-4-10-17(20(13)16)22(21)24-19;1-3-11-4-2-6-14-18(11)13(5-1)19-20(14)23-17-10-15-12(7-8-21-15)9-16(17)22-19/h1-12H;1-12H;1-6,8-10H,7H2. The van der Waals surface area contributed by atoms with Gasteiger partial charge in [0.05, 0.1) is 50.5 Å². The Bertz CT molecular complexity index is 4560. The van der Waals surface area contributed by atoms with E-state index >= 15 is 0 Å². The Morgan fingerprint density at radius 2 is 0.644 bits per heavy atom. The lowest BCUT2D eigenvalue weighted by molar-refractivity contribution is 0.103. The summed E-state index contributed by atoms with van der Waals surface area (Å²) in [6.07, 6.45) is 2.84. The van der Waals surface area contributed by atoms with Crippen LogP contribution in [0.25, 0.3) is 132 Å². The summed E-state index contributed by atoms with van der Waals surface area (Å²) in [6, 6.07) is 65.6. The van der Waals surface area contributed by atoms with Crippen molar-refractivity contribution >= 4 is 88.6 Å². The maximum Gasteiger partial charge on any atom is 0.194 e. The van der Waals surface area contributed by atoms with Gasteiger partial charge >= 0.3 is 0 Å². The Balaban J connectivity index is 0.0000000938. The SMILES string of the molecule is C1=Nc2cc3nc4c(nc3cc2C1)-c1cccc2cccc-4c12.O=C1c2ccccc2-c2ccc3c4c(ccc1c24)-c1ccccc1C3=O.c1ccc2cc3nc4c(nc3cc2c1)-c1cccc2cccc-4c12. The molecule has 7 heteroatoms. The minimum absolute atomic E-state index is 0.0307. The summed E-state index contributed by atoms with van der Waals surface area (Å²) in [6.45, 7) is 0. The van der Waals surface area contributed by atoms with Crippen molar-refractivity contribution in [2.24, 2.45) is 4.99 Å². The Hall–Kier alpha value is -9.85. The predicted octanol–water partition coefficient (Wildman–Crippen LogP) is 15.5. The molecule has 0 unspecified atom stereocenters. The fourth-order valence-electron chi connectivity index (χ4n) is 12.1. The second-order valence-corrected chi connectivity index (χ2v) is 19.3. The highest BCUT2D eigenvalue weighted by atomic mass is 16.1. The molecule has 0 saturated heterocycles. The summed E-state index contributed by atoms with van der Waals surface area (Å²) in [5, 5.41) is 9.26. The minimum Gasteiger partial charge on any atom is -0.289 e. The second-order valence-electron chi connectivity index (χ2n) is 19.3. The van der Waals surface area contributed by atoms with Crippen LogP contribution in [0.4, 0.5) is 5.69 Å². The molecule has 0 N–H and O–H groups in total. The third-order valence-corrected chi connectivity index (χ3v) is 15.3. The maximum atomic E-state index is 13.1. The predicted molar refractivity (Wildman–Crippen MR) is 294 cm³/mol. The van der Waals surface area contributed by atoms with E-state index in [4.69, 9.17) is 19.9 Å². The minimum atomic E-state index is 0.0307. The van der Waals surface area contributed by atoms with Gasteiger partial charge in [0.1, 0.15) is 0 Å². The zero-order chi connectivity index (χ0) is 48.1. The summed E-state index contributed by atoms with van der Waals surface area (Å²) in [4.78, 5) is 50.4. The molecule has 11 aromatic carbocycles. The molecule has 18 rings (SSSR count). The van der Waals surface area contributed by atoms with E-state index in [9.17, 15) is 9.59 Å². The number of nitrogens with zero attached hydrogens (tertiary/aromatic N) is 5. The molecule has 3 heterocycles. The van der Waals surface area contributed by atoms with Gasteiger partial charge in [-0.2, -0.15) is 0 Å². The number of benzene rings is 11. The van der Waals surface area contributed by atoms with Gasteiger partial charge in [0.2, 0.25) is 0 Å². The molecule has 0 fully saturated rings. The van der Waals surface area contributed by atoms with Gasteiger partial charge in [0.25, 0.3) is 0 Å². The van der Waals surface area contributed by atoms with Gasteiger partial charge in [-0.25, -0.2) is 19.9 Å². The van der Waals surface area contributed by atoms with E-state index in [-0.39, 0.29) is 11.6 Å². The van der Waals surface area contributed by atoms with Gasteiger partial charge in [-0.3, -0.25) is 14.6 Å². The molecule has 73 heavy (non-hydrogen) atoms. The van der Waals surface area contributed by atoms with E-state index in [0.717, 1.165) is 101 Å². The van der Waals surface area contributed by atoms with Crippen molar-refractivity contribution in [1.29, 1.82) is 0 Å². The number of rotatable bonds is 0. The maximum absolute atomic E-state index is 13.1. The molecule has 0 saturated carbocycles. The molecule has 0 amide bonds. The molecule has 5 aliphatic rings. The lowest BCUT2D eigenvalue weighted by Crippen LogP contribution is -2.15. The number of carbonyl (C=O) groups is 2. The summed E-state index contributed by atoms with van der Waals surface area (Å²) >= 11 is 0. The summed E-state index contributed by atoms with van der Waals surface area (Å²) in [5.74, 6) is 0.0613. The van der Waals surface area contributed by atoms with Crippen LogP contribution in [0.15, 0.2) is 199 Å². The molecule has 7 nitrogen and oxygen atoms in total. The highest BCUT2D eigenvalue weighted by Gasteiger charge is 2.32. The molecule has 336 valence electrons. The molecule has 0 bridgehead atoms. The summed E-state index contributed by atoms with van der Waals surface area (Å²) in [7, 11) is 0. The fraction of sp³-hybridized carbons (Fsp3) is 0.0152. The first-order valence-electron chi connectivity index (χ1n) is 24.5. The largest absolute Gasteiger partial charge is 0.289 e. The van der Waals surface area contributed by atoms with Gasteiger partial charge in [0.15, 0.2) is 11.6 Å². The summed E-state index contributed by atoms with van der Waals surface area (Å²) in [5.41, 5.74) is 21.6. The number of fused-ring (bicyclic) bond motifs is 14. The van der Waals surface area contributed by atoms with E-state index in [1.807, 2.05) is 79.0 Å². The number of hydrogen-bond donors (Lipinski definition) is 0. The molecular weight excluding hydrogens is 895 g/mol. The Morgan fingerprint density at radius 1 is 0.288 bits per heavy atom. The monoisotopic (exact) mass is 929 g/mol. The van der Waals surface area contributed by atoms with Crippen molar-refractivity contribution in [3.05, 3.63) is 222 Å². The first kappa shape index (κ1) is 39.9. The molecule has 0 radical (unpaired) electrons. The van der Waals surface area contributed by atoms with E-state index in [0.29, 0.717) is 11.1 Å². The van der Waals surface area contributed by atoms with Crippen LogP contribution in [0, 0.1) is 0 Å². The molecule has 2 aromatic heterocycles. The number of aromatic nitrogens is 4. The Labute approximate surface area is 416 Å². The molecule has 13 aromatic rings. The molecular formula is C66H35N5O2. The fourth-order valence-corrected chi connectivity index (χ4v) is 12.1. The molecule has 0 spiro atoms. The summed E-state index contributed by atoms with van der Waals surface area (Å²) < 4.78 is 0. The lowest BCUT2D eigenvalue weighted by atomic mass is 9.76. The van der Waals surface area contributed by atoms with Crippen molar-refractivity contribution in [2.75, 3.05) is 0 Å². The van der Waals surface area contributed by atoms with Crippen LogP contribution < -0.4 is 0 Å². The van der Waals surface area contributed by atoms with Gasteiger partial charge in [-0.05, 0) is 85.8 Å². The van der Waals surface area contributed by atoms with Gasteiger partial charge in [0, 0.05) is 78.7 Å². The van der Waals surface area contributed by atoms with E-state index < -0.39 is 0 Å². The van der Waals surface area contributed by atoms with Gasteiger partial charge in [-0.15, -0.1) is 0 Å². The molecule has 4 aliphatic carbocycles. The topological polar surface area (TPSA) is 98.1 Å². The first-order valence-corrected chi connectivity index (χ1v) is 24.5. The zero-order valence-corrected chi connectivity index (χ0v) is 38.8. The quantitative estimate of drug-likeness (QED) is 0.141. The van der Waals surface area contributed by atoms with E-state index in [1.54, 1.807) is 0 Å². The Kier molecular flexibility index (Phi) is 8.12. The van der Waals surface area contributed by atoms with Gasteiger partial charge in [-0.1, -0.05) is 158 Å². The van der Waals surface area contributed by atoms with Crippen LogP contribution >= 0.6 is 0 Å². The third kappa shape index (κ3) is 5.67. The van der Waals surface area contributed by atoms with Crippen molar-refractivity contribution in [1.82, 2.24) is 19.9 Å². The zero-order valence-electron chi connectivity index (χ0n) is 38.8. The van der Waals surface area contributed by atoms with E-state index in [1.165, 1.54) is 60.1 Å². The lowest BCUT2D eigenvalue weighted by Gasteiger charge is -2.26. The van der Waals surface area contributed by atoms with Gasteiger partial charge < -0.3 is 0 Å². The van der Waals surface area contributed by atoms with E-state index in [2.05, 4.69) is 126 Å². The second kappa shape index (κ2) is 14.8. The van der Waals surface area contributed by atoms with Crippen molar-refractivity contribution in [3.63, 3.8) is 0 Å². The van der Waals surface area contributed by atoms with Crippen LogP contribution in [0.3, 0.4) is 0 Å². The highest BCUT2D eigenvalue weighted by Crippen LogP contribution is 2.49. The highest BCUT2D eigenvalue weighted by molar-refractivity contribution is 6.33. The van der Waals surface area contributed by atoms with Crippen LogP contribution in [0.5, 0.6) is 0 Å². The smallest absolute Gasteiger partial charge is 0.194 e. The third-order valence-electron chi connectivity index (χ3n) is 15.3. The number of hydrogen-bond acceptors (Lipinski definition) is 7. The van der Waals surface area contributed by atoms with Crippen molar-refractivity contribution in [3.8, 4) is 67.3 Å². The average molecular weight is 930 g/mol. The number of carbonyl (C=O) groups excluding carboxylic acids is 2. The van der Waals surface area contributed by atoms with Crippen LogP contribution in [-0.4, -0.2) is 37.7 Å². The Morgan fingerprint density at radius 3 is 1.10 bits per heavy atom. The molecule has 1 aliphatic heterocycles. The van der Waals surface area contributed by atoms with Crippen LogP contribution in [-0.2, 0) is 6.42 Å². The normalized spacial score (nSPS) is 13.2. The first-order chi connectivity index (χ1) is 36.0. The van der Waals surface area contributed by atoms with Crippen LogP contribution in [0.1, 0.15) is 37.4 Å². The average Bonchev–Trinajstić information content (AvgIpc) is 4.13.